The molecule has 0 radical (unpaired) electrons. The monoisotopic (exact) mass is 431 g/mol. The SMILES string of the molecule is COC(=O)/C=C\CCN([C@H](CBr)C(C)C)S(=O)(=O)c1ccc(C)cc1. The molecule has 140 valence electrons. The zero-order chi connectivity index (χ0) is 19.0. The zero-order valence-electron chi connectivity index (χ0n) is 15.1. The topological polar surface area (TPSA) is 63.7 Å². The van der Waals surface area contributed by atoms with Gasteiger partial charge in [0.25, 0.3) is 0 Å². The minimum atomic E-state index is -3.63. The number of benzene rings is 1. The lowest BCUT2D eigenvalue weighted by Gasteiger charge is -2.32. The predicted octanol–water partition coefficient (Wildman–Crippen LogP) is 3.52. The van der Waals surface area contributed by atoms with Crippen molar-refractivity contribution in [2.45, 2.75) is 38.1 Å². The molecule has 5 nitrogen and oxygen atoms in total. The minimum Gasteiger partial charge on any atom is -0.466 e. The van der Waals surface area contributed by atoms with Gasteiger partial charge in [-0.15, -0.1) is 0 Å². The summed E-state index contributed by atoms with van der Waals surface area (Å²) in [7, 11) is -2.32. The summed E-state index contributed by atoms with van der Waals surface area (Å²) in [6, 6.07) is 6.67. The molecule has 0 bridgehead atoms. The number of carbonyl (C=O) groups is 1. The fraction of sp³-hybridized carbons (Fsp3) is 0.500. The van der Waals surface area contributed by atoms with Gasteiger partial charge in [0.05, 0.1) is 12.0 Å². The number of sulfonamides is 1. The summed E-state index contributed by atoms with van der Waals surface area (Å²) in [4.78, 5) is 11.4. The molecular weight excluding hydrogens is 406 g/mol. The number of carbonyl (C=O) groups excluding carboxylic acids is 1. The molecule has 0 amide bonds. The number of methoxy groups -OCH3 is 1. The Kier molecular flexibility index (Phi) is 8.82. The van der Waals surface area contributed by atoms with Crippen LogP contribution in [0.15, 0.2) is 41.3 Å². The van der Waals surface area contributed by atoms with Gasteiger partial charge in [0.1, 0.15) is 0 Å². The maximum Gasteiger partial charge on any atom is 0.330 e. The van der Waals surface area contributed by atoms with Crippen molar-refractivity contribution < 1.29 is 17.9 Å². The number of hydrogen-bond acceptors (Lipinski definition) is 4. The maximum atomic E-state index is 13.1. The first kappa shape index (κ1) is 21.9. The van der Waals surface area contributed by atoms with Gasteiger partial charge in [-0.25, -0.2) is 13.2 Å². The highest BCUT2D eigenvalue weighted by atomic mass is 79.9. The van der Waals surface area contributed by atoms with Gasteiger partial charge in [-0.1, -0.05) is 53.5 Å². The lowest BCUT2D eigenvalue weighted by molar-refractivity contribution is -0.134. The summed E-state index contributed by atoms with van der Waals surface area (Å²) in [5.74, 6) is -0.307. The van der Waals surface area contributed by atoms with E-state index in [2.05, 4.69) is 20.7 Å². The van der Waals surface area contributed by atoms with Crippen LogP contribution in [0.3, 0.4) is 0 Å². The maximum absolute atomic E-state index is 13.1. The molecule has 0 N–H and O–H groups in total. The molecule has 0 saturated heterocycles. The Balaban J connectivity index is 3.10. The number of esters is 1. The van der Waals surface area contributed by atoms with Crippen molar-refractivity contribution in [3.8, 4) is 0 Å². The molecule has 0 heterocycles. The van der Waals surface area contributed by atoms with Crippen LogP contribution in [-0.4, -0.2) is 43.7 Å². The van der Waals surface area contributed by atoms with Gasteiger partial charge in [0.2, 0.25) is 10.0 Å². The minimum absolute atomic E-state index is 0.143. The Hall–Kier alpha value is -1.18. The van der Waals surface area contributed by atoms with Gasteiger partial charge in [-0.2, -0.15) is 4.31 Å². The van der Waals surface area contributed by atoms with Gasteiger partial charge >= 0.3 is 5.97 Å². The van der Waals surface area contributed by atoms with Crippen LogP contribution in [0.5, 0.6) is 0 Å². The molecule has 0 aliphatic rings. The highest BCUT2D eigenvalue weighted by Gasteiger charge is 2.32. The number of rotatable bonds is 9. The van der Waals surface area contributed by atoms with E-state index >= 15 is 0 Å². The molecule has 1 rings (SSSR count). The van der Waals surface area contributed by atoms with Gasteiger partial charge in [-0.3, -0.25) is 0 Å². The van der Waals surface area contributed by atoms with Crippen molar-refractivity contribution in [3.05, 3.63) is 42.0 Å². The summed E-state index contributed by atoms with van der Waals surface area (Å²) < 4.78 is 32.3. The van der Waals surface area contributed by atoms with Crippen molar-refractivity contribution in [3.63, 3.8) is 0 Å². The number of hydrogen-bond donors (Lipinski definition) is 0. The van der Waals surface area contributed by atoms with Crippen LogP contribution < -0.4 is 0 Å². The molecule has 0 spiro atoms. The number of aryl methyl sites for hydroxylation is 1. The highest BCUT2D eigenvalue weighted by molar-refractivity contribution is 9.09. The molecule has 0 unspecified atom stereocenters. The van der Waals surface area contributed by atoms with Gasteiger partial charge in [-0.05, 0) is 31.4 Å². The molecular formula is C18H26BrNO4S. The van der Waals surface area contributed by atoms with E-state index in [4.69, 9.17) is 0 Å². The van der Waals surface area contributed by atoms with Crippen molar-refractivity contribution in [1.29, 1.82) is 0 Å². The van der Waals surface area contributed by atoms with Crippen LogP contribution in [0.25, 0.3) is 0 Å². The zero-order valence-corrected chi connectivity index (χ0v) is 17.5. The molecule has 1 atom stereocenters. The number of halogens is 1. The van der Waals surface area contributed by atoms with Crippen LogP contribution in [0.4, 0.5) is 0 Å². The lowest BCUT2D eigenvalue weighted by atomic mass is 10.1. The fourth-order valence-corrected chi connectivity index (χ4v) is 5.41. The van der Waals surface area contributed by atoms with Crippen LogP contribution in [0.1, 0.15) is 25.8 Å². The summed E-state index contributed by atoms with van der Waals surface area (Å²) >= 11 is 3.44. The third kappa shape index (κ3) is 6.24. The first-order valence-corrected chi connectivity index (χ1v) is 10.7. The van der Waals surface area contributed by atoms with Crippen molar-refractivity contribution in [2.24, 2.45) is 5.92 Å². The molecule has 0 aliphatic heterocycles. The summed E-state index contributed by atoms with van der Waals surface area (Å²) in [5, 5.41) is 0.538. The molecule has 25 heavy (non-hydrogen) atoms. The Morgan fingerprint density at radius 2 is 1.88 bits per heavy atom. The van der Waals surface area contributed by atoms with E-state index < -0.39 is 16.0 Å². The molecule has 0 aromatic heterocycles. The summed E-state index contributed by atoms with van der Waals surface area (Å²) in [6.07, 6.45) is 3.38. The van der Waals surface area contributed by atoms with Crippen LogP contribution >= 0.6 is 15.9 Å². The smallest absolute Gasteiger partial charge is 0.330 e. The summed E-state index contributed by atoms with van der Waals surface area (Å²) in [5.41, 5.74) is 1.01. The third-order valence-electron chi connectivity index (χ3n) is 3.90. The highest BCUT2D eigenvalue weighted by Crippen LogP contribution is 2.24. The predicted molar refractivity (Wildman–Crippen MR) is 103 cm³/mol. The first-order chi connectivity index (χ1) is 11.7. The average Bonchev–Trinajstić information content (AvgIpc) is 2.57. The lowest BCUT2D eigenvalue weighted by Crippen LogP contribution is -2.44. The van der Waals surface area contributed by atoms with Gasteiger partial charge < -0.3 is 4.74 Å². The van der Waals surface area contributed by atoms with Crippen molar-refractivity contribution in [2.75, 3.05) is 19.0 Å². The Morgan fingerprint density at radius 3 is 2.36 bits per heavy atom. The second-order valence-corrected chi connectivity index (χ2v) is 8.65. The van der Waals surface area contributed by atoms with E-state index in [0.717, 1.165) is 5.56 Å². The second kappa shape index (κ2) is 10.1. The van der Waals surface area contributed by atoms with Gasteiger partial charge in [0, 0.05) is 24.0 Å². The third-order valence-corrected chi connectivity index (χ3v) is 6.50. The molecule has 0 saturated carbocycles. The molecule has 1 aromatic carbocycles. The second-order valence-electron chi connectivity index (χ2n) is 6.11. The fourth-order valence-electron chi connectivity index (χ4n) is 2.35. The van der Waals surface area contributed by atoms with Gasteiger partial charge in [0.15, 0.2) is 0 Å². The molecule has 7 heteroatoms. The Morgan fingerprint density at radius 1 is 1.28 bits per heavy atom. The normalized spacial score (nSPS) is 13.6. The van der Waals surface area contributed by atoms with Crippen LogP contribution in [-0.2, 0) is 19.6 Å². The van der Waals surface area contributed by atoms with E-state index in [0.29, 0.717) is 11.8 Å². The molecule has 0 fully saturated rings. The number of nitrogens with zero attached hydrogens (tertiary/aromatic N) is 1. The van der Waals surface area contributed by atoms with E-state index in [1.165, 1.54) is 17.5 Å². The number of alkyl halides is 1. The average molecular weight is 432 g/mol. The number of ether oxygens (including phenoxy) is 1. The van der Waals surface area contributed by atoms with Crippen LogP contribution in [0.2, 0.25) is 0 Å². The van der Waals surface area contributed by atoms with E-state index in [-0.39, 0.29) is 23.4 Å². The molecule has 1 aromatic rings. The van der Waals surface area contributed by atoms with E-state index in [1.54, 1.807) is 30.3 Å². The quantitative estimate of drug-likeness (QED) is 0.340. The molecule has 0 aliphatic carbocycles. The summed E-state index contributed by atoms with van der Waals surface area (Å²) in [6.45, 7) is 6.20. The standard InChI is InChI=1S/C18H26BrNO4S/c1-14(2)17(13-19)20(12-6-5-7-18(21)24-4)25(22,23)16-10-8-15(3)9-11-16/h5,7-11,14,17H,6,12-13H2,1-4H3/b7-5-/t17-/m1/s1. The van der Waals surface area contributed by atoms with Crippen LogP contribution in [0, 0.1) is 12.8 Å². The van der Waals surface area contributed by atoms with E-state index in [1.807, 2.05) is 20.8 Å². The van der Waals surface area contributed by atoms with E-state index in [9.17, 15) is 13.2 Å². The van der Waals surface area contributed by atoms with Crippen molar-refractivity contribution in [1.82, 2.24) is 4.31 Å². The first-order valence-electron chi connectivity index (χ1n) is 8.13. The largest absolute Gasteiger partial charge is 0.466 e. The van der Waals surface area contributed by atoms with Crippen molar-refractivity contribution >= 4 is 31.9 Å². The Labute approximate surface area is 159 Å². The Bertz CT molecular complexity index is 684.